The number of aliphatic hydroxyl groups excluding tert-OH is 1. The van der Waals surface area contributed by atoms with E-state index in [2.05, 4.69) is 6.92 Å². The van der Waals surface area contributed by atoms with E-state index in [4.69, 9.17) is 5.11 Å². The molecule has 1 heteroatoms. The fraction of sp³-hybridized carbons (Fsp3) is 0.833. The van der Waals surface area contributed by atoms with Gasteiger partial charge in [-0.25, -0.2) is 0 Å². The molecule has 0 aromatic rings. The maximum atomic E-state index is 8.74. The van der Waals surface area contributed by atoms with Gasteiger partial charge in [0.15, 0.2) is 0 Å². The largest absolute Gasteiger partial charge is 0.387 e. The quantitative estimate of drug-likeness (QED) is 0.563. The van der Waals surface area contributed by atoms with Crippen LogP contribution in [0.4, 0.5) is 0 Å². The monoisotopic (exact) mass is 101 g/mol. The molecule has 1 unspecified atom stereocenters. The summed E-state index contributed by atoms with van der Waals surface area (Å²) in [5, 5.41) is 8.74. The zero-order chi connectivity index (χ0) is 5.86. The molecule has 1 nitrogen and oxygen atoms in total. The van der Waals surface area contributed by atoms with Crippen molar-refractivity contribution in [3.63, 3.8) is 0 Å². The van der Waals surface area contributed by atoms with Crippen LogP contribution in [0.3, 0.4) is 0 Å². The summed E-state index contributed by atoms with van der Waals surface area (Å²) in [6.07, 6.45) is 1.57. The molecule has 0 spiro atoms. The first kappa shape index (κ1) is 6.96. The smallest absolute Gasteiger partial charge is 0.0930 e. The first-order valence-electron chi connectivity index (χ1n) is 2.70. The summed E-state index contributed by atoms with van der Waals surface area (Å²) in [4.78, 5) is 0. The van der Waals surface area contributed by atoms with E-state index in [1.807, 2.05) is 6.92 Å². The molecule has 7 heavy (non-hydrogen) atoms. The highest BCUT2D eigenvalue weighted by molar-refractivity contribution is 4.73. The van der Waals surface area contributed by atoms with Crippen LogP contribution in [0.5, 0.6) is 0 Å². The second-order valence-corrected chi connectivity index (χ2v) is 1.95. The summed E-state index contributed by atoms with van der Waals surface area (Å²) in [6.45, 7) is 5.81. The van der Waals surface area contributed by atoms with E-state index in [1.165, 1.54) is 0 Å². The van der Waals surface area contributed by atoms with Gasteiger partial charge in [0.2, 0.25) is 0 Å². The van der Waals surface area contributed by atoms with Crippen LogP contribution < -0.4 is 0 Å². The van der Waals surface area contributed by atoms with Gasteiger partial charge in [-0.15, -0.1) is 0 Å². The normalized spacial score (nSPS) is 15.0. The van der Waals surface area contributed by atoms with Crippen LogP contribution >= 0.6 is 0 Å². The van der Waals surface area contributed by atoms with Crippen LogP contribution in [0.25, 0.3) is 0 Å². The molecule has 0 aliphatic heterocycles. The lowest BCUT2D eigenvalue weighted by Crippen LogP contribution is -2.01. The third-order valence-corrected chi connectivity index (χ3v) is 1.33. The van der Waals surface area contributed by atoms with Gasteiger partial charge >= 0.3 is 0 Å². The van der Waals surface area contributed by atoms with Crippen molar-refractivity contribution >= 4 is 0 Å². The summed E-state index contributed by atoms with van der Waals surface area (Å²) >= 11 is 0. The zero-order valence-corrected chi connectivity index (χ0v) is 5.23. The van der Waals surface area contributed by atoms with E-state index < -0.39 is 0 Å². The Morgan fingerprint density at radius 1 is 1.71 bits per heavy atom. The van der Waals surface area contributed by atoms with Gasteiger partial charge in [0.25, 0.3) is 0 Å². The molecule has 1 radical (unpaired) electrons. The zero-order valence-electron chi connectivity index (χ0n) is 5.23. The molecular weight excluding hydrogens is 88.1 g/mol. The highest BCUT2D eigenvalue weighted by atomic mass is 16.3. The molecule has 0 amide bonds. The predicted octanol–water partition coefficient (Wildman–Crippen LogP) is 1.96. The van der Waals surface area contributed by atoms with Crippen LogP contribution in [0.1, 0.15) is 27.2 Å². The van der Waals surface area contributed by atoms with Crippen molar-refractivity contribution < 1.29 is 5.11 Å². The minimum Gasteiger partial charge on any atom is -0.387 e. The minimum atomic E-state index is 0.375. The van der Waals surface area contributed by atoms with Crippen molar-refractivity contribution in [3.05, 3.63) is 6.10 Å². The van der Waals surface area contributed by atoms with Crippen molar-refractivity contribution in [1.82, 2.24) is 0 Å². The second kappa shape index (κ2) is 3.03. The first-order chi connectivity index (χ1) is 3.18. The minimum absolute atomic E-state index is 0.375. The van der Waals surface area contributed by atoms with Gasteiger partial charge in [-0.2, -0.15) is 0 Å². The van der Waals surface area contributed by atoms with Gasteiger partial charge in [-0.1, -0.05) is 20.3 Å². The Morgan fingerprint density at radius 3 is 2.14 bits per heavy atom. The van der Waals surface area contributed by atoms with Crippen LogP contribution in [0.15, 0.2) is 0 Å². The Labute approximate surface area is 45.4 Å². The molecule has 1 atom stereocenters. The lowest BCUT2D eigenvalue weighted by molar-refractivity contribution is 0.244. The lowest BCUT2D eigenvalue weighted by atomic mass is 10.0. The Kier molecular flexibility index (Phi) is 3.01. The average molecular weight is 101 g/mol. The summed E-state index contributed by atoms with van der Waals surface area (Å²) in [6, 6.07) is 0. The molecule has 0 aliphatic carbocycles. The van der Waals surface area contributed by atoms with Gasteiger partial charge in [-0.05, 0) is 12.8 Å². The Morgan fingerprint density at radius 2 is 2.14 bits per heavy atom. The fourth-order valence-electron chi connectivity index (χ4n) is 0.295. The van der Waals surface area contributed by atoms with Crippen molar-refractivity contribution in [2.75, 3.05) is 0 Å². The molecule has 0 aromatic heterocycles. The van der Waals surface area contributed by atoms with E-state index in [0.29, 0.717) is 12.0 Å². The highest BCUT2D eigenvalue weighted by Crippen LogP contribution is 2.11. The Bertz CT molecular complexity index is 41.4. The molecule has 0 saturated carbocycles. The lowest BCUT2D eigenvalue weighted by Gasteiger charge is -2.08. The summed E-state index contributed by atoms with van der Waals surface area (Å²) < 4.78 is 0. The molecule has 1 N–H and O–H groups in total. The van der Waals surface area contributed by atoms with E-state index in [0.717, 1.165) is 6.42 Å². The molecule has 0 bridgehead atoms. The Hall–Kier alpha value is -0.0400. The van der Waals surface area contributed by atoms with Gasteiger partial charge < -0.3 is 5.11 Å². The predicted molar refractivity (Wildman–Crippen MR) is 30.3 cm³/mol. The molecule has 0 aliphatic rings. The van der Waals surface area contributed by atoms with Crippen LogP contribution in [-0.2, 0) is 0 Å². The number of hydrogen-bond acceptors (Lipinski definition) is 1. The van der Waals surface area contributed by atoms with Gasteiger partial charge in [-0.3, -0.25) is 0 Å². The molecule has 0 rings (SSSR count). The number of rotatable bonds is 2. The number of aliphatic hydroxyl groups is 1. The van der Waals surface area contributed by atoms with E-state index in [-0.39, 0.29) is 0 Å². The molecule has 0 fully saturated rings. The molecule has 0 heterocycles. The van der Waals surface area contributed by atoms with E-state index >= 15 is 0 Å². The maximum absolute atomic E-state index is 8.74. The standard InChI is InChI=1S/C6H13O/c1-4-5(2)6(3)7/h5,7H,4H2,1-3H3. The fourth-order valence-corrected chi connectivity index (χ4v) is 0.295. The van der Waals surface area contributed by atoms with Gasteiger partial charge in [0.05, 0.1) is 6.10 Å². The topological polar surface area (TPSA) is 20.2 Å². The average Bonchev–Trinajstić information content (AvgIpc) is 1.65. The summed E-state index contributed by atoms with van der Waals surface area (Å²) in [5.41, 5.74) is 0. The molecular formula is C6H13O. The van der Waals surface area contributed by atoms with Crippen molar-refractivity contribution in [2.24, 2.45) is 5.92 Å². The van der Waals surface area contributed by atoms with Crippen molar-refractivity contribution in [3.8, 4) is 0 Å². The van der Waals surface area contributed by atoms with Crippen LogP contribution in [0.2, 0.25) is 0 Å². The molecule has 0 saturated heterocycles. The van der Waals surface area contributed by atoms with E-state index in [9.17, 15) is 0 Å². The Balaban J connectivity index is 3.14. The number of hydrogen-bond donors (Lipinski definition) is 1. The third-order valence-electron chi connectivity index (χ3n) is 1.33. The van der Waals surface area contributed by atoms with Crippen molar-refractivity contribution in [1.29, 1.82) is 0 Å². The van der Waals surface area contributed by atoms with Crippen molar-refractivity contribution in [2.45, 2.75) is 27.2 Å². The third kappa shape index (κ3) is 2.63. The summed E-state index contributed by atoms with van der Waals surface area (Å²) in [5.74, 6) is 0.375. The van der Waals surface area contributed by atoms with Crippen LogP contribution in [0, 0.1) is 12.0 Å². The second-order valence-electron chi connectivity index (χ2n) is 1.95. The maximum Gasteiger partial charge on any atom is 0.0930 e. The summed E-state index contributed by atoms with van der Waals surface area (Å²) in [7, 11) is 0. The molecule has 43 valence electrons. The highest BCUT2D eigenvalue weighted by Gasteiger charge is 2.04. The van der Waals surface area contributed by atoms with Crippen LogP contribution in [-0.4, -0.2) is 5.11 Å². The van der Waals surface area contributed by atoms with Gasteiger partial charge in [0, 0.05) is 0 Å². The van der Waals surface area contributed by atoms with E-state index in [1.54, 1.807) is 6.92 Å². The van der Waals surface area contributed by atoms with Gasteiger partial charge in [0.1, 0.15) is 0 Å². The molecule has 0 aromatic carbocycles. The first-order valence-corrected chi connectivity index (χ1v) is 2.70. The SMILES string of the molecule is CCC(C)[C](C)O.